The van der Waals surface area contributed by atoms with Crippen molar-refractivity contribution in [2.45, 2.75) is 0 Å². The molecule has 0 heterocycles. The van der Waals surface area contributed by atoms with E-state index in [4.69, 9.17) is 18.9 Å². The lowest BCUT2D eigenvalue weighted by molar-refractivity contribution is 0.111. The van der Waals surface area contributed by atoms with Crippen LogP contribution in [0.3, 0.4) is 0 Å². The molecule has 2 N–H and O–H groups in total. The highest BCUT2D eigenvalue weighted by Crippen LogP contribution is 2.46. The van der Waals surface area contributed by atoms with Gasteiger partial charge in [0.2, 0.25) is 0 Å². The SMILES string of the molecule is COc1cc2c(cc1C#Cc1ccc(C=O)c(O)c1)c(OC)c(OC)c1cc(C#Cc3ccc(C=O)c(O)c3)c(OC)cc12. The molecule has 0 unspecified atom stereocenters. The van der Waals surface area contributed by atoms with E-state index in [0.717, 1.165) is 10.8 Å². The molecule has 0 aromatic heterocycles. The van der Waals surface area contributed by atoms with Crippen molar-refractivity contribution in [3.63, 3.8) is 0 Å². The highest BCUT2D eigenvalue weighted by Gasteiger charge is 2.20. The molecule has 0 radical (unpaired) electrons. The molecule has 0 atom stereocenters. The summed E-state index contributed by atoms with van der Waals surface area (Å²) < 4.78 is 23.1. The van der Waals surface area contributed by atoms with Crippen molar-refractivity contribution in [3.05, 3.63) is 94.0 Å². The van der Waals surface area contributed by atoms with E-state index in [0.29, 0.717) is 68.6 Å². The minimum Gasteiger partial charge on any atom is -0.507 e. The van der Waals surface area contributed by atoms with Gasteiger partial charge in [-0.25, -0.2) is 0 Å². The van der Waals surface area contributed by atoms with Crippen molar-refractivity contribution in [2.24, 2.45) is 0 Å². The fourth-order valence-electron chi connectivity index (χ4n) is 4.89. The number of ether oxygens (including phenoxy) is 4. The van der Waals surface area contributed by atoms with Gasteiger partial charge in [-0.05, 0) is 71.4 Å². The summed E-state index contributed by atoms with van der Waals surface area (Å²) in [4.78, 5) is 22.1. The number of carbonyl (C=O) groups excluding carboxylic acids is 2. The van der Waals surface area contributed by atoms with Crippen LogP contribution >= 0.6 is 0 Å². The Bertz CT molecular complexity index is 1940. The molecule has 44 heavy (non-hydrogen) atoms. The number of aldehydes is 2. The molecule has 0 spiro atoms. The molecule has 0 saturated heterocycles. The Hall–Kier alpha value is -6.12. The monoisotopic (exact) mass is 586 g/mol. The predicted molar refractivity (Wildman–Crippen MR) is 167 cm³/mol. The third kappa shape index (κ3) is 5.40. The number of benzene rings is 5. The molecule has 0 fully saturated rings. The second-order valence-corrected chi connectivity index (χ2v) is 9.55. The van der Waals surface area contributed by atoms with Gasteiger partial charge in [0.15, 0.2) is 24.1 Å². The molecule has 8 nitrogen and oxygen atoms in total. The van der Waals surface area contributed by atoms with Crippen LogP contribution in [0.5, 0.6) is 34.5 Å². The molecule has 8 heteroatoms. The van der Waals surface area contributed by atoms with Gasteiger partial charge in [-0.3, -0.25) is 9.59 Å². The Morgan fingerprint density at radius 2 is 0.932 bits per heavy atom. The predicted octanol–water partition coefficient (Wildman–Crippen LogP) is 5.86. The Kier molecular flexibility index (Phi) is 8.28. The molecular formula is C36H26O8. The topological polar surface area (TPSA) is 112 Å². The Morgan fingerprint density at radius 1 is 0.523 bits per heavy atom. The molecule has 0 bridgehead atoms. The van der Waals surface area contributed by atoms with Crippen LogP contribution in [0.1, 0.15) is 43.0 Å². The van der Waals surface area contributed by atoms with Gasteiger partial charge in [0.25, 0.3) is 0 Å². The van der Waals surface area contributed by atoms with E-state index in [9.17, 15) is 19.8 Å². The summed E-state index contributed by atoms with van der Waals surface area (Å²) in [6.45, 7) is 0. The van der Waals surface area contributed by atoms with Crippen LogP contribution in [0.15, 0.2) is 60.7 Å². The van der Waals surface area contributed by atoms with Gasteiger partial charge >= 0.3 is 0 Å². The normalized spacial score (nSPS) is 10.3. The lowest BCUT2D eigenvalue weighted by Gasteiger charge is -2.18. The summed E-state index contributed by atoms with van der Waals surface area (Å²) in [6, 6.07) is 16.6. The first kappa shape index (κ1) is 29.4. The van der Waals surface area contributed by atoms with Gasteiger partial charge < -0.3 is 29.2 Å². The minimum absolute atomic E-state index is 0.151. The van der Waals surface area contributed by atoms with Gasteiger partial charge in [-0.1, -0.05) is 23.7 Å². The van der Waals surface area contributed by atoms with Crippen LogP contribution < -0.4 is 18.9 Å². The highest BCUT2D eigenvalue weighted by atomic mass is 16.5. The minimum atomic E-state index is -0.151. The van der Waals surface area contributed by atoms with Crippen LogP contribution in [0.2, 0.25) is 0 Å². The zero-order chi connectivity index (χ0) is 31.4. The fourth-order valence-corrected chi connectivity index (χ4v) is 4.89. The summed E-state index contributed by atoms with van der Waals surface area (Å²) in [5, 5.41) is 23.1. The summed E-state index contributed by atoms with van der Waals surface area (Å²) >= 11 is 0. The quantitative estimate of drug-likeness (QED) is 0.145. The van der Waals surface area contributed by atoms with Gasteiger partial charge in [-0.2, -0.15) is 0 Å². The standard InChI is InChI=1S/C36H26O8/c1-41-33-17-27-28-18-34(42-2)24(10-6-22-8-12-26(20-38)32(40)14-22)16-30(28)36(44-4)35(43-3)29(27)15-23(33)9-5-21-7-11-25(19-37)31(39)13-21/h7-8,11-20,39-40H,1-4H3. The Labute approximate surface area is 253 Å². The number of phenolic OH excluding ortho intramolecular Hbond substituents is 2. The number of hydrogen-bond donors (Lipinski definition) is 2. The van der Waals surface area contributed by atoms with E-state index in [1.807, 2.05) is 24.3 Å². The van der Waals surface area contributed by atoms with Gasteiger partial charge in [0.05, 0.1) is 50.7 Å². The number of carbonyl (C=O) groups is 2. The number of rotatable bonds is 6. The lowest BCUT2D eigenvalue weighted by atomic mass is 9.95. The molecule has 5 aromatic carbocycles. The Morgan fingerprint density at radius 3 is 1.25 bits per heavy atom. The highest BCUT2D eigenvalue weighted by molar-refractivity contribution is 6.15. The number of aromatic hydroxyl groups is 2. The molecule has 0 aliphatic carbocycles. The number of methoxy groups -OCH3 is 4. The summed E-state index contributed by atoms with van der Waals surface area (Å²) in [5.74, 6) is 13.9. The van der Waals surface area contributed by atoms with Crippen molar-refractivity contribution in [2.75, 3.05) is 28.4 Å². The number of hydrogen-bond acceptors (Lipinski definition) is 8. The molecule has 218 valence electrons. The second kappa shape index (κ2) is 12.4. The summed E-state index contributed by atoms with van der Waals surface area (Å²) in [5.41, 5.74) is 2.53. The molecule has 5 rings (SSSR count). The van der Waals surface area contributed by atoms with Gasteiger partial charge in [0.1, 0.15) is 23.0 Å². The van der Waals surface area contributed by atoms with E-state index >= 15 is 0 Å². The van der Waals surface area contributed by atoms with Crippen LogP contribution in [0.25, 0.3) is 21.5 Å². The maximum Gasteiger partial charge on any atom is 0.169 e. The number of phenols is 2. The lowest BCUT2D eigenvalue weighted by Crippen LogP contribution is -1.97. The first-order valence-electron chi connectivity index (χ1n) is 13.2. The summed E-state index contributed by atoms with van der Waals surface area (Å²) in [7, 11) is 6.20. The van der Waals surface area contributed by atoms with E-state index in [1.54, 1.807) is 40.6 Å². The largest absolute Gasteiger partial charge is 0.507 e. The van der Waals surface area contributed by atoms with Crippen molar-refractivity contribution in [1.29, 1.82) is 0 Å². The van der Waals surface area contributed by atoms with Crippen molar-refractivity contribution < 1.29 is 38.7 Å². The van der Waals surface area contributed by atoms with Crippen molar-refractivity contribution >= 4 is 34.1 Å². The van der Waals surface area contributed by atoms with E-state index in [1.165, 1.54) is 24.3 Å². The van der Waals surface area contributed by atoms with Crippen molar-refractivity contribution in [3.8, 4) is 58.2 Å². The zero-order valence-electron chi connectivity index (χ0n) is 24.3. The van der Waals surface area contributed by atoms with Crippen molar-refractivity contribution in [1.82, 2.24) is 0 Å². The molecule has 0 aliphatic rings. The zero-order valence-corrected chi connectivity index (χ0v) is 24.3. The molecule has 0 saturated carbocycles. The third-order valence-corrected chi connectivity index (χ3v) is 7.07. The van der Waals surface area contributed by atoms with Crippen LogP contribution in [-0.2, 0) is 0 Å². The molecule has 5 aromatic rings. The second-order valence-electron chi connectivity index (χ2n) is 9.55. The fraction of sp³-hybridized carbons (Fsp3) is 0.111. The van der Waals surface area contributed by atoms with Crippen LogP contribution in [0.4, 0.5) is 0 Å². The first-order chi connectivity index (χ1) is 21.3. The van der Waals surface area contributed by atoms with Crippen LogP contribution in [0, 0.1) is 23.7 Å². The molecular weight excluding hydrogens is 560 g/mol. The van der Waals surface area contributed by atoms with E-state index < -0.39 is 0 Å². The van der Waals surface area contributed by atoms with Crippen LogP contribution in [-0.4, -0.2) is 51.2 Å². The van der Waals surface area contributed by atoms with E-state index in [-0.39, 0.29) is 22.6 Å². The maximum absolute atomic E-state index is 11.0. The average molecular weight is 587 g/mol. The molecule has 0 aliphatic heterocycles. The average Bonchev–Trinajstić information content (AvgIpc) is 3.04. The number of fused-ring (bicyclic) bond motifs is 3. The third-order valence-electron chi connectivity index (χ3n) is 7.07. The maximum atomic E-state index is 11.0. The van der Waals surface area contributed by atoms with Gasteiger partial charge in [0, 0.05) is 21.9 Å². The van der Waals surface area contributed by atoms with E-state index in [2.05, 4.69) is 23.7 Å². The first-order valence-corrected chi connectivity index (χ1v) is 13.2. The molecule has 0 amide bonds. The Balaban J connectivity index is 1.71. The summed E-state index contributed by atoms with van der Waals surface area (Å²) in [6.07, 6.45) is 1.15. The van der Waals surface area contributed by atoms with Gasteiger partial charge in [-0.15, -0.1) is 0 Å². The smallest absolute Gasteiger partial charge is 0.169 e.